The number of allylic oxidation sites excluding steroid dienone is 2. The first kappa shape index (κ1) is 18.5. The van der Waals surface area contributed by atoms with Gasteiger partial charge in [-0.1, -0.05) is 25.0 Å². The van der Waals surface area contributed by atoms with Gasteiger partial charge in [0.05, 0.1) is 0 Å². The van der Waals surface area contributed by atoms with Crippen molar-refractivity contribution in [2.45, 2.75) is 71.4 Å². The molecule has 0 unspecified atom stereocenters. The molecule has 0 aliphatic heterocycles. The number of nitrogens with one attached hydrogen (secondary N) is 1. The second kappa shape index (κ2) is 9.39. The van der Waals surface area contributed by atoms with Crippen molar-refractivity contribution in [2.75, 3.05) is 0 Å². The average molecular weight is 285 g/mol. The minimum absolute atomic E-state index is 0.421. The molecule has 0 radical (unpaired) electrons. The second-order valence-electron chi connectivity index (χ2n) is 5.74. The topological polar surface area (TPSA) is 75.6 Å². The fourth-order valence-corrected chi connectivity index (χ4v) is 1.66. The summed E-state index contributed by atoms with van der Waals surface area (Å²) in [6, 6.07) is -0.883. The molecule has 0 spiro atoms. The Kier molecular flexibility index (Phi) is 8.68. The summed E-state index contributed by atoms with van der Waals surface area (Å²) < 4.78 is 5.06. The molecule has 0 aliphatic carbocycles. The van der Waals surface area contributed by atoms with E-state index in [9.17, 15) is 9.59 Å². The number of hydrogen-bond donors (Lipinski definition) is 2. The number of alkyl carbamates (subject to hydrolysis) is 1. The SMILES string of the molecule is C/C=C/CCCCC[C@H](NC(=O)OC(C)(C)C)C(=O)O. The largest absolute Gasteiger partial charge is 0.480 e. The maximum atomic E-state index is 11.5. The minimum Gasteiger partial charge on any atom is -0.480 e. The first-order valence-electron chi connectivity index (χ1n) is 7.09. The van der Waals surface area contributed by atoms with Crippen molar-refractivity contribution < 1.29 is 19.4 Å². The van der Waals surface area contributed by atoms with Crippen LogP contribution in [0, 0.1) is 0 Å². The van der Waals surface area contributed by atoms with E-state index in [2.05, 4.69) is 11.4 Å². The Hall–Kier alpha value is -1.52. The van der Waals surface area contributed by atoms with E-state index >= 15 is 0 Å². The van der Waals surface area contributed by atoms with Gasteiger partial charge in [-0.15, -0.1) is 0 Å². The summed E-state index contributed by atoms with van der Waals surface area (Å²) in [4.78, 5) is 22.6. The van der Waals surface area contributed by atoms with Crippen LogP contribution in [0.2, 0.25) is 0 Å². The summed E-state index contributed by atoms with van der Waals surface area (Å²) >= 11 is 0. The summed E-state index contributed by atoms with van der Waals surface area (Å²) in [7, 11) is 0. The number of carbonyl (C=O) groups is 2. The lowest BCUT2D eigenvalue weighted by atomic mass is 10.1. The Balaban J connectivity index is 4.05. The molecule has 0 heterocycles. The molecule has 116 valence electrons. The van der Waals surface area contributed by atoms with Crippen molar-refractivity contribution in [1.29, 1.82) is 0 Å². The molecule has 0 saturated heterocycles. The van der Waals surface area contributed by atoms with Gasteiger partial charge in [-0.25, -0.2) is 9.59 Å². The lowest BCUT2D eigenvalue weighted by molar-refractivity contribution is -0.139. The summed E-state index contributed by atoms with van der Waals surface area (Å²) in [6.07, 6.45) is 7.59. The van der Waals surface area contributed by atoms with E-state index in [-0.39, 0.29) is 0 Å². The number of ether oxygens (including phenoxy) is 1. The van der Waals surface area contributed by atoms with Gasteiger partial charge in [0.25, 0.3) is 0 Å². The Morgan fingerprint density at radius 1 is 1.25 bits per heavy atom. The minimum atomic E-state index is -1.02. The lowest BCUT2D eigenvalue weighted by Gasteiger charge is -2.22. The van der Waals surface area contributed by atoms with E-state index in [1.165, 1.54) is 0 Å². The first-order valence-corrected chi connectivity index (χ1v) is 7.09. The molecular weight excluding hydrogens is 258 g/mol. The molecule has 5 heteroatoms. The van der Waals surface area contributed by atoms with Crippen molar-refractivity contribution in [1.82, 2.24) is 5.32 Å². The number of aliphatic carboxylic acids is 1. The van der Waals surface area contributed by atoms with Crippen molar-refractivity contribution in [3.05, 3.63) is 12.2 Å². The fourth-order valence-electron chi connectivity index (χ4n) is 1.66. The molecule has 0 saturated carbocycles. The zero-order valence-electron chi connectivity index (χ0n) is 12.9. The summed E-state index contributed by atoms with van der Waals surface area (Å²) in [5.74, 6) is -1.02. The normalized spacial score (nSPS) is 13.2. The highest BCUT2D eigenvalue weighted by molar-refractivity contribution is 5.79. The van der Waals surface area contributed by atoms with E-state index < -0.39 is 23.7 Å². The molecule has 0 aromatic heterocycles. The predicted molar refractivity (Wildman–Crippen MR) is 78.7 cm³/mol. The highest BCUT2D eigenvalue weighted by Gasteiger charge is 2.23. The number of carboxylic acids is 1. The molecule has 0 aromatic rings. The number of rotatable bonds is 8. The van der Waals surface area contributed by atoms with Crippen molar-refractivity contribution in [3.63, 3.8) is 0 Å². The van der Waals surface area contributed by atoms with Crippen LogP contribution in [0.5, 0.6) is 0 Å². The van der Waals surface area contributed by atoms with E-state index in [4.69, 9.17) is 9.84 Å². The third kappa shape index (κ3) is 10.4. The zero-order chi connectivity index (χ0) is 15.6. The smallest absolute Gasteiger partial charge is 0.408 e. The molecule has 0 aromatic carbocycles. The van der Waals surface area contributed by atoms with Gasteiger partial charge in [-0.05, 0) is 47.0 Å². The first-order chi connectivity index (χ1) is 9.26. The van der Waals surface area contributed by atoms with E-state index in [0.717, 1.165) is 25.7 Å². The zero-order valence-corrected chi connectivity index (χ0v) is 12.9. The molecular formula is C15H27NO4. The summed E-state index contributed by atoms with van der Waals surface area (Å²) in [5, 5.41) is 11.5. The van der Waals surface area contributed by atoms with Gasteiger partial charge in [0.15, 0.2) is 0 Å². The monoisotopic (exact) mass is 285 g/mol. The van der Waals surface area contributed by atoms with Crippen LogP contribution in [0.1, 0.15) is 59.8 Å². The lowest BCUT2D eigenvalue weighted by Crippen LogP contribution is -2.43. The van der Waals surface area contributed by atoms with Crippen molar-refractivity contribution >= 4 is 12.1 Å². The number of carboxylic acid groups (broad SMARTS) is 1. The van der Waals surface area contributed by atoms with Gasteiger partial charge in [-0.2, -0.15) is 0 Å². The van der Waals surface area contributed by atoms with E-state index in [1.54, 1.807) is 20.8 Å². The summed E-state index contributed by atoms with van der Waals surface area (Å²) in [5.41, 5.74) is -0.625. The second-order valence-corrected chi connectivity index (χ2v) is 5.74. The van der Waals surface area contributed by atoms with Crippen LogP contribution < -0.4 is 5.32 Å². The van der Waals surface area contributed by atoms with Gasteiger partial charge in [-0.3, -0.25) is 0 Å². The highest BCUT2D eigenvalue weighted by atomic mass is 16.6. The van der Waals surface area contributed by atoms with Gasteiger partial charge in [0.1, 0.15) is 11.6 Å². The molecule has 0 rings (SSSR count). The number of hydrogen-bond acceptors (Lipinski definition) is 3. The molecule has 5 nitrogen and oxygen atoms in total. The van der Waals surface area contributed by atoms with Crippen LogP contribution in [0.15, 0.2) is 12.2 Å². The molecule has 0 bridgehead atoms. The number of carbonyl (C=O) groups excluding carboxylic acids is 1. The van der Waals surface area contributed by atoms with Gasteiger partial charge in [0, 0.05) is 0 Å². The van der Waals surface area contributed by atoms with Crippen LogP contribution in [0.4, 0.5) is 4.79 Å². The Morgan fingerprint density at radius 3 is 2.40 bits per heavy atom. The van der Waals surface area contributed by atoms with Crippen molar-refractivity contribution in [2.24, 2.45) is 0 Å². The third-order valence-corrected chi connectivity index (χ3v) is 2.59. The summed E-state index contributed by atoms with van der Waals surface area (Å²) in [6.45, 7) is 7.20. The van der Waals surface area contributed by atoms with Gasteiger partial charge >= 0.3 is 12.1 Å². The quantitative estimate of drug-likeness (QED) is 0.528. The molecule has 0 fully saturated rings. The molecule has 2 N–H and O–H groups in total. The maximum Gasteiger partial charge on any atom is 0.408 e. The van der Waals surface area contributed by atoms with Crippen LogP contribution in [-0.4, -0.2) is 28.8 Å². The maximum absolute atomic E-state index is 11.5. The molecule has 0 aliphatic rings. The third-order valence-electron chi connectivity index (χ3n) is 2.59. The van der Waals surface area contributed by atoms with Crippen LogP contribution in [0.25, 0.3) is 0 Å². The Morgan fingerprint density at radius 2 is 1.90 bits per heavy atom. The van der Waals surface area contributed by atoms with Crippen LogP contribution in [0.3, 0.4) is 0 Å². The van der Waals surface area contributed by atoms with Gasteiger partial charge < -0.3 is 15.2 Å². The standard InChI is InChI=1S/C15H27NO4/c1-5-6-7-8-9-10-11-12(13(17)18)16-14(19)20-15(2,3)4/h5-6,12H,7-11H2,1-4H3,(H,16,19)(H,17,18)/b6-5+/t12-/m0/s1. The molecule has 1 atom stereocenters. The van der Waals surface area contributed by atoms with Gasteiger partial charge in [0.2, 0.25) is 0 Å². The average Bonchev–Trinajstić information content (AvgIpc) is 2.29. The van der Waals surface area contributed by atoms with Crippen LogP contribution >= 0.6 is 0 Å². The van der Waals surface area contributed by atoms with Crippen LogP contribution in [-0.2, 0) is 9.53 Å². The van der Waals surface area contributed by atoms with Crippen molar-refractivity contribution in [3.8, 4) is 0 Å². The Bertz CT molecular complexity index is 331. The molecule has 1 amide bonds. The number of amides is 1. The fraction of sp³-hybridized carbons (Fsp3) is 0.733. The number of unbranched alkanes of at least 4 members (excludes halogenated alkanes) is 3. The highest BCUT2D eigenvalue weighted by Crippen LogP contribution is 2.09. The van der Waals surface area contributed by atoms with E-state index in [0.29, 0.717) is 6.42 Å². The predicted octanol–water partition coefficient (Wildman–Crippen LogP) is 3.49. The Labute approximate surface area is 121 Å². The van der Waals surface area contributed by atoms with E-state index in [1.807, 2.05) is 13.0 Å². The molecule has 20 heavy (non-hydrogen) atoms.